The van der Waals surface area contributed by atoms with Crippen molar-refractivity contribution < 1.29 is 14.3 Å². The Labute approximate surface area is 111 Å². The molecule has 0 saturated carbocycles. The highest BCUT2D eigenvalue weighted by Crippen LogP contribution is 1.99. The smallest absolute Gasteiger partial charge is 0.323 e. The Morgan fingerprint density at radius 2 is 2.06 bits per heavy atom. The molecule has 0 aromatic rings. The number of hydrogen-bond acceptors (Lipinski definition) is 5. The van der Waals surface area contributed by atoms with E-state index in [-0.39, 0.29) is 12.0 Å². The number of ether oxygens (including phenoxy) is 2. The van der Waals surface area contributed by atoms with Crippen LogP contribution in [0.1, 0.15) is 26.7 Å². The van der Waals surface area contributed by atoms with E-state index >= 15 is 0 Å². The third-order valence-electron chi connectivity index (χ3n) is 2.69. The van der Waals surface area contributed by atoms with E-state index in [1.54, 1.807) is 7.11 Å². The van der Waals surface area contributed by atoms with E-state index in [9.17, 15) is 4.79 Å². The van der Waals surface area contributed by atoms with E-state index in [0.29, 0.717) is 13.2 Å². The Morgan fingerprint density at radius 1 is 1.33 bits per heavy atom. The van der Waals surface area contributed by atoms with Crippen molar-refractivity contribution >= 4 is 5.97 Å². The van der Waals surface area contributed by atoms with E-state index in [1.807, 2.05) is 14.0 Å². The molecule has 0 aromatic heterocycles. The molecule has 0 aliphatic carbocycles. The van der Waals surface area contributed by atoms with E-state index in [1.165, 1.54) is 0 Å². The van der Waals surface area contributed by atoms with E-state index in [4.69, 9.17) is 9.47 Å². The van der Waals surface area contributed by atoms with Crippen LogP contribution in [0, 0.1) is 0 Å². The van der Waals surface area contributed by atoms with E-state index < -0.39 is 0 Å². The molecule has 0 rings (SSSR count). The van der Waals surface area contributed by atoms with Crippen LogP contribution < -0.4 is 5.32 Å². The molecule has 5 heteroatoms. The third kappa shape index (κ3) is 8.44. The summed E-state index contributed by atoms with van der Waals surface area (Å²) in [6, 6.07) is -0.199. The quantitative estimate of drug-likeness (QED) is 0.559. The Balaban J connectivity index is 4.02. The largest absolute Gasteiger partial charge is 0.465 e. The maximum absolute atomic E-state index is 11.7. The van der Waals surface area contributed by atoms with Crippen LogP contribution in [0.15, 0.2) is 0 Å². The minimum absolute atomic E-state index is 0.147. The fourth-order valence-corrected chi connectivity index (χ4v) is 1.57. The van der Waals surface area contributed by atoms with Gasteiger partial charge in [-0.1, -0.05) is 6.92 Å². The van der Waals surface area contributed by atoms with E-state index in [2.05, 4.69) is 17.1 Å². The van der Waals surface area contributed by atoms with Crippen molar-refractivity contribution in [1.82, 2.24) is 10.2 Å². The van der Waals surface area contributed by atoms with Crippen molar-refractivity contribution in [1.29, 1.82) is 0 Å². The number of carbonyl (C=O) groups is 1. The average molecular weight is 260 g/mol. The Morgan fingerprint density at radius 3 is 2.61 bits per heavy atom. The van der Waals surface area contributed by atoms with Gasteiger partial charge in [-0.3, -0.25) is 4.79 Å². The highest BCUT2D eigenvalue weighted by Gasteiger charge is 2.18. The van der Waals surface area contributed by atoms with Gasteiger partial charge < -0.3 is 19.7 Å². The molecular formula is C13H28N2O3. The van der Waals surface area contributed by atoms with Crippen molar-refractivity contribution in [2.45, 2.75) is 32.7 Å². The summed E-state index contributed by atoms with van der Waals surface area (Å²) in [5, 5.41) is 3.23. The van der Waals surface area contributed by atoms with Gasteiger partial charge in [-0.2, -0.15) is 0 Å². The molecule has 1 unspecified atom stereocenters. The predicted octanol–water partition coefficient (Wildman–Crippen LogP) is 0.886. The summed E-state index contributed by atoms with van der Waals surface area (Å²) in [6.45, 7) is 7.62. The molecule has 0 amide bonds. The summed E-state index contributed by atoms with van der Waals surface area (Å²) in [5.74, 6) is -0.147. The Kier molecular flexibility index (Phi) is 11.0. The summed E-state index contributed by atoms with van der Waals surface area (Å²) >= 11 is 0. The molecule has 5 nitrogen and oxygen atoms in total. The Hall–Kier alpha value is -0.650. The van der Waals surface area contributed by atoms with Crippen LogP contribution >= 0.6 is 0 Å². The molecular weight excluding hydrogens is 232 g/mol. The zero-order valence-corrected chi connectivity index (χ0v) is 12.2. The van der Waals surface area contributed by atoms with Gasteiger partial charge in [0.25, 0.3) is 0 Å². The summed E-state index contributed by atoms with van der Waals surface area (Å²) in [7, 11) is 3.72. The average Bonchev–Trinajstić information content (AvgIpc) is 2.36. The fourth-order valence-electron chi connectivity index (χ4n) is 1.57. The molecule has 18 heavy (non-hydrogen) atoms. The van der Waals surface area contributed by atoms with Gasteiger partial charge in [-0.05, 0) is 39.9 Å². The number of methoxy groups -OCH3 is 1. The van der Waals surface area contributed by atoms with Gasteiger partial charge in [-0.25, -0.2) is 0 Å². The SMILES string of the molecule is CCCNC(CCN(C)CCOC)C(=O)OCC. The molecule has 1 atom stereocenters. The van der Waals surface area contributed by atoms with Gasteiger partial charge in [-0.15, -0.1) is 0 Å². The molecule has 108 valence electrons. The summed E-state index contributed by atoms with van der Waals surface area (Å²) in [5.41, 5.74) is 0. The van der Waals surface area contributed by atoms with Crippen molar-refractivity contribution in [3.8, 4) is 0 Å². The van der Waals surface area contributed by atoms with Gasteiger partial charge in [0.05, 0.1) is 13.2 Å². The first-order chi connectivity index (χ1) is 8.65. The van der Waals surface area contributed by atoms with Crippen LogP contribution in [0.4, 0.5) is 0 Å². The van der Waals surface area contributed by atoms with Crippen LogP contribution in [0.2, 0.25) is 0 Å². The normalized spacial score (nSPS) is 12.7. The minimum Gasteiger partial charge on any atom is -0.465 e. The minimum atomic E-state index is -0.199. The molecule has 0 radical (unpaired) electrons. The standard InChI is InChI=1S/C13H28N2O3/c1-5-8-14-12(13(16)18-6-2)7-9-15(3)10-11-17-4/h12,14H,5-11H2,1-4H3. The number of rotatable bonds is 11. The number of nitrogens with zero attached hydrogens (tertiary/aromatic N) is 1. The molecule has 0 bridgehead atoms. The zero-order valence-electron chi connectivity index (χ0n) is 12.2. The highest BCUT2D eigenvalue weighted by atomic mass is 16.5. The molecule has 0 spiro atoms. The van der Waals surface area contributed by atoms with Gasteiger partial charge in [0.2, 0.25) is 0 Å². The van der Waals surface area contributed by atoms with Crippen LogP contribution in [0.3, 0.4) is 0 Å². The van der Waals surface area contributed by atoms with Crippen molar-refractivity contribution in [2.75, 3.05) is 47.0 Å². The number of esters is 1. The highest BCUT2D eigenvalue weighted by molar-refractivity contribution is 5.75. The van der Waals surface area contributed by atoms with Crippen molar-refractivity contribution in [3.05, 3.63) is 0 Å². The lowest BCUT2D eigenvalue weighted by Gasteiger charge is -2.21. The number of hydrogen-bond donors (Lipinski definition) is 1. The predicted molar refractivity (Wildman–Crippen MR) is 72.7 cm³/mol. The van der Waals surface area contributed by atoms with Crippen LogP contribution in [0.5, 0.6) is 0 Å². The molecule has 0 aromatic carbocycles. The summed E-state index contributed by atoms with van der Waals surface area (Å²) in [4.78, 5) is 13.9. The first-order valence-electron chi connectivity index (χ1n) is 6.73. The lowest BCUT2D eigenvalue weighted by Crippen LogP contribution is -2.41. The second-order valence-electron chi connectivity index (χ2n) is 4.34. The number of carbonyl (C=O) groups excluding carboxylic acids is 1. The lowest BCUT2D eigenvalue weighted by molar-refractivity contribution is -0.145. The molecule has 0 fully saturated rings. The first kappa shape index (κ1) is 17.4. The maximum atomic E-state index is 11.7. The van der Waals surface area contributed by atoms with Crippen molar-refractivity contribution in [3.63, 3.8) is 0 Å². The van der Waals surface area contributed by atoms with Crippen LogP contribution in [0.25, 0.3) is 0 Å². The summed E-state index contributed by atoms with van der Waals surface area (Å²) in [6.07, 6.45) is 1.77. The lowest BCUT2D eigenvalue weighted by atomic mass is 10.2. The third-order valence-corrected chi connectivity index (χ3v) is 2.69. The fraction of sp³-hybridized carbons (Fsp3) is 0.923. The second kappa shape index (κ2) is 11.4. The second-order valence-corrected chi connectivity index (χ2v) is 4.34. The van der Waals surface area contributed by atoms with Gasteiger partial charge in [0, 0.05) is 13.7 Å². The molecule has 0 heterocycles. The summed E-state index contributed by atoms with van der Waals surface area (Å²) < 4.78 is 10.1. The monoisotopic (exact) mass is 260 g/mol. The molecule has 1 N–H and O–H groups in total. The number of likely N-dealkylation sites (N-methyl/N-ethyl adjacent to an activating group) is 1. The zero-order chi connectivity index (χ0) is 13.8. The topological polar surface area (TPSA) is 50.8 Å². The number of nitrogens with one attached hydrogen (secondary N) is 1. The Bertz CT molecular complexity index is 212. The van der Waals surface area contributed by atoms with Crippen LogP contribution in [-0.4, -0.2) is 63.9 Å². The van der Waals surface area contributed by atoms with Gasteiger partial charge in [0.1, 0.15) is 6.04 Å². The van der Waals surface area contributed by atoms with Gasteiger partial charge in [0.15, 0.2) is 0 Å². The van der Waals surface area contributed by atoms with Gasteiger partial charge >= 0.3 is 5.97 Å². The maximum Gasteiger partial charge on any atom is 0.323 e. The molecule has 0 aliphatic heterocycles. The van der Waals surface area contributed by atoms with E-state index in [0.717, 1.165) is 32.5 Å². The molecule has 0 aliphatic rings. The van der Waals surface area contributed by atoms with Crippen molar-refractivity contribution in [2.24, 2.45) is 0 Å². The first-order valence-corrected chi connectivity index (χ1v) is 6.73. The molecule has 0 saturated heterocycles. The van der Waals surface area contributed by atoms with Crippen LogP contribution in [-0.2, 0) is 14.3 Å².